The summed E-state index contributed by atoms with van der Waals surface area (Å²) in [6, 6.07) is 0. The first kappa shape index (κ1) is 16.0. The molecule has 0 aromatic rings. The van der Waals surface area contributed by atoms with Crippen LogP contribution in [-0.2, 0) is 24.0 Å². The topological polar surface area (TPSA) is 130 Å². The number of amides is 4. The maximum Gasteiger partial charge on any atom is 0.327 e. The molecule has 8 nitrogen and oxygen atoms in total. The number of carbonyl (C=O) groups excluding carboxylic acids is 4. The summed E-state index contributed by atoms with van der Waals surface area (Å²) in [7, 11) is 0. The van der Waals surface area contributed by atoms with Gasteiger partial charge in [0.05, 0.1) is 0 Å². The zero-order chi connectivity index (χ0) is 14.8. The summed E-state index contributed by atoms with van der Waals surface area (Å²) in [4.78, 5) is 49.4. The zero-order valence-electron chi connectivity index (χ0n) is 9.58. The fourth-order valence-electron chi connectivity index (χ4n) is 0.712. The molecule has 8 heteroatoms. The Hall–Kier alpha value is -3.03. The molecular formula is C11H10N2O6. The Kier molecular flexibility index (Phi) is 6.82. The molecular weight excluding hydrogens is 256 g/mol. The van der Waals surface area contributed by atoms with Crippen LogP contribution < -0.4 is 10.6 Å². The summed E-state index contributed by atoms with van der Waals surface area (Å²) < 4.78 is 0. The molecule has 0 fully saturated rings. The number of imide groups is 2. The van der Waals surface area contributed by atoms with Crippen molar-refractivity contribution in [1.82, 2.24) is 10.6 Å². The molecule has 3 N–H and O–H groups in total. The van der Waals surface area contributed by atoms with Gasteiger partial charge in [-0.25, -0.2) is 4.79 Å². The van der Waals surface area contributed by atoms with Crippen LogP contribution in [0, 0.1) is 0 Å². The first-order chi connectivity index (χ1) is 8.85. The molecule has 0 saturated heterocycles. The van der Waals surface area contributed by atoms with Crippen LogP contribution in [0.1, 0.15) is 0 Å². The molecule has 0 unspecified atom stereocenters. The van der Waals surface area contributed by atoms with E-state index >= 15 is 0 Å². The number of aliphatic carboxylic acids is 1. The van der Waals surface area contributed by atoms with Gasteiger partial charge in [0.2, 0.25) is 0 Å². The largest absolute Gasteiger partial charge is 0.478 e. The van der Waals surface area contributed by atoms with Gasteiger partial charge in [0.25, 0.3) is 23.6 Å². The Labute approximate surface area is 107 Å². The Balaban J connectivity index is 0.000000261. The van der Waals surface area contributed by atoms with E-state index in [9.17, 15) is 24.0 Å². The molecule has 0 spiro atoms. The molecule has 2 rings (SSSR count). The molecule has 100 valence electrons. The van der Waals surface area contributed by atoms with Crippen molar-refractivity contribution < 1.29 is 29.1 Å². The van der Waals surface area contributed by atoms with Crippen molar-refractivity contribution in [2.24, 2.45) is 0 Å². The number of hydrogen-bond acceptors (Lipinski definition) is 5. The third-order valence-electron chi connectivity index (χ3n) is 1.44. The average molecular weight is 266 g/mol. The van der Waals surface area contributed by atoms with E-state index in [4.69, 9.17) is 5.11 Å². The molecule has 0 radical (unpaired) electrons. The maximum atomic E-state index is 10.0. The fourth-order valence-corrected chi connectivity index (χ4v) is 0.712. The standard InChI is InChI=1S/2C4H3NO2.C3H4O2/c2*6-3-1-2-4(7)5-3;1-2-3(4)5/h2*1-2H,(H,5,6,7);2H,1H2,(H,4,5). The molecule has 2 aliphatic rings. The number of nitrogens with one attached hydrogen (secondary N) is 2. The van der Waals surface area contributed by atoms with E-state index in [-0.39, 0.29) is 23.6 Å². The summed E-state index contributed by atoms with van der Waals surface area (Å²) in [5, 5.41) is 11.7. The van der Waals surface area contributed by atoms with Crippen LogP contribution >= 0.6 is 0 Å². The van der Waals surface area contributed by atoms with E-state index in [1.54, 1.807) is 0 Å². The molecule has 0 atom stereocenters. The molecule has 0 aromatic heterocycles. The lowest BCUT2D eigenvalue weighted by atomic mass is 10.6. The van der Waals surface area contributed by atoms with Gasteiger partial charge < -0.3 is 5.11 Å². The average Bonchev–Trinajstić information content (AvgIpc) is 2.89. The van der Waals surface area contributed by atoms with Crippen molar-refractivity contribution in [3.05, 3.63) is 37.0 Å². The van der Waals surface area contributed by atoms with Gasteiger partial charge >= 0.3 is 5.97 Å². The highest BCUT2D eigenvalue weighted by molar-refractivity contribution is 6.13. The summed E-state index contributed by atoms with van der Waals surface area (Å²) in [6.45, 7) is 2.96. The lowest BCUT2D eigenvalue weighted by molar-refractivity contribution is -0.131. The first-order valence-corrected chi connectivity index (χ1v) is 4.76. The SMILES string of the molecule is C=CC(=O)O.O=C1C=CC(=O)N1.O=C1C=CC(=O)N1. The maximum absolute atomic E-state index is 10.0. The van der Waals surface area contributed by atoms with E-state index in [1.165, 1.54) is 24.3 Å². The monoisotopic (exact) mass is 266 g/mol. The van der Waals surface area contributed by atoms with Gasteiger partial charge in [0.1, 0.15) is 0 Å². The summed E-state index contributed by atoms with van der Waals surface area (Å²) in [5.41, 5.74) is 0. The highest BCUT2D eigenvalue weighted by atomic mass is 16.4. The molecule has 0 bridgehead atoms. The van der Waals surface area contributed by atoms with Crippen LogP contribution in [-0.4, -0.2) is 34.7 Å². The van der Waals surface area contributed by atoms with E-state index in [2.05, 4.69) is 6.58 Å². The molecule has 2 heterocycles. The van der Waals surface area contributed by atoms with Gasteiger partial charge in [-0.15, -0.1) is 0 Å². The lowest BCUT2D eigenvalue weighted by Crippen LogP contribution is -2.19. The Bertz CT molecular complexity index is 421. The van der Waals surface area contributed by atoms with E-state index < -0.39 is 5.97 Å². The number of carbonyl (C=O) groups is 5. The summed E-state index contributed by atoms with van der Waals surface area (Å²) in [6.07, 6.45) is 5.62. The number of rotatable bonds is 1. The Morgan fingerprint density at radius 2 is 1.11 bits per heavy atom. The van der Waals surface area contributed by atoms with Crippen LogP contribution in [0.4, 0.5) is 0 Å². The Morgan fingerprint density at radius 3 is 1.16 bits per heavy atom. The number of carboxylic acid groups (broad SMARTS) is 1. The van der Waals surface area contributed by atoms with Crippen LogP contribution in [0.5, 0.6) is 0 Å². The van der Waals surface area contributed by atoms with Gasteiger partial charge in [-0.3, -0.25) is 29.8 Å². The van der Waals surface area contributed by atoms with Crippen LogP contribution in [0.3, 0.4) is 0 Å². The van der Waals surface area contributed by atoms with E-state index in [0.717, 1.165) is 6.08 Å². The van der Waals surface area contributed by atoms with Crippen molar-refractivity contribution in [2.45, 2.75) is 0 Å². The highest BCUT2D eigenvalue weighted by Crippen LogP contribution is 1.83. The Morgan fingerprint density at radius 1 is 0.895 bits per heavy atom. The molecule has 0 aliphatic carbocycles. The summed E-state index contributed by atoms with van der Waals surface area (Å²) in [5.74, 6) is -2.30. The first-order valence-electron chi connectivity index (χ1n) is 4.76. The summed E-state index contributed by atoms with van der Waals surface area (Å²) >= 11 is 0. The second-order valence-electron chi connectivity index (χ2n) is 2.92. The van der Waals surface area contributed by atoms with Crippen molar-refractivity contribution in [1.29, 1.82) is 0 Å². The second-order valence-corrected chi connectivity index (χ2v) is 2.92. The minimum atomic E-state index is -0.981. The predicted molar refractivity (Wildman–Crippen MR) is 62.4 cm³/mol. The van der Waals surface area contributed by atoms with Crippen molar-refractivity contribution >= 4 is 29.6 Å². The zero-order valence-corrected chi connectivity index (χ0v) is 9.58. The van der Waals surface area contributed by atoms with Crippen molar-refractivity contribution in [3.8, 4) is 0 Å². The third-order valence-corrected chi connectivity index (χ3v) is 1.44. The fraction of sp³-hybridized carbons (Fsp3) is 0. The smallest absolute Gasteiger partial charge is 0.327 e. The number of carboxylic acids is 1. The minimum Gasteiger partial charge on any atom is -0.478 e. The molecule has 4 amide bonds. The molecule has 19 heavy (non-hydrogen) atoms. The van der Waals surface area contributed by atoms with Gasteiger partial charge in [-0.1, -0.05) is 6.58 Å². The van der Waals surface area contributed by atoms with Crippen molar-refractivity contribution in [3.63, 3.8) is 0 Å². The molecule has 0 saturated carbocycles. The minimum absolute atomic E-state index is 0.329. The van der Waals surface area contributed by atoms with Gasteiger partial charge in [-0.05, 0) is 0 Å². The molecule has 2 aliphatic heterocycles. The number of hydrogen-bond donors (Lipinski definition) is 3. The van der Waals surface area contributed by atoms with E-state index in [1.807, 2.05) is 10.6 Å². The third kappa shape index (κ3) is 8.74. The van der Waals surface area contributed by atoms with Crippen LogP contribution in [0.2, 0.25) is 0 Å². The van der Waals surface area contributed by atoms with Crippen molar-refractivity contribution in [2.75, 3.05) is 0 Å². The van der Waals surface area contributed by atoms with E-state index in [0.29, 0.717) is 0 Å². The van der Waals surface area contributed by atoms with Gasteiger partial charge in [-0.2, -0.15) is 0 Å². The highest BCUT2D eigenvalue weighted by Gasteiger charge is 2.07. The van der Waals surface area contributed by atoms with Crippen LogP contribution in [0.15, 0.2) is 37.0 Å². The quantitative estimate of drug-likeness (QED) is 0.397. The molecule has 0 aromatic carbocycles. The van der Waals surface area contributed by atoms with Crippen LogP contribution in [0.25, 0.3) is 0 Å². The second kappa shape index (κ2) is 8.12. The van der Waals surface area contributed by atoms with Gasteiger partial charge in [0.15, 0.2) is 0 Å². The normalized spacial score (nSPS) is 14.7. The van der Waals surface area contributed by atoms with Gasteiger partial charge in [0, 0.05) is 30.4 Å². The lowest BCUT2D eigenvalue weighted by Gasteiger charge is -1.80. The predicted octanol–water partition coefficient (Wildman–Crippen LogP) is -1.34.